The number of amides is 1. The summed E-state index contributed by atoms with van der Waals surface area (Å²) in [4.78, 5) is 39.7. The molecule has 0 radical (unpaired) electrons. The van der Waals surface area contributed by atoms with Gasteiger partial charge in [0.15, 0.2) is 20.4 Å². The third kappa shape index (κ3) is 5.28. The van der Waals surface area contributed by atoms with Crippen molar-refractivity contribution < 1.29 is 17.6 Å². The van der Waals surface area contributed by atoms with Crippen molar-refractivity contribution in [3.8, 4) is 16.9 Å². The van der Waals surface area contributed by atoms with E-state index in [2.05, 4.69) is 21.8 Å². The molecule has 13 heteroatoms. The Morgan fingerprint density at radius 2 is 1.87 bits per heavy atom. The van der Waals surface area contributed by atoms with Gasteiger partial charge in [-0.25, -0.2) is 17.8 Å². The molecule has 1 aromatic carbocycles. The van der Waals surface area contributed by atoms with Gasteiger partial charge in [-0.15, -0.1) is 0 Å². The van der Waals surface area contributed by atoms with Crippen LogP contribution in [0.1, 0.15) is 43.5 Å². The van der Waals surface area contributed by atoms with E-state index in [1.54, 1.807) is 28.3 Å². The summed E-state index contributed by atoms with van der Waals surface area (Å²) >= 11 is 0. The average molecular weight is 658 g/mol. The van der Waals surface area contributed by atoms with E-state index in [9.17, 15) is 18.0 Å². The molecule has 11 nitrogen and oxygen atoms in total. The van der Waals surface area contributed by atoms with E-state index in [0.29, 0.717) is 33.4 Å². The molecule has 0 bridgehead atoms. The summed E-state index contributed by atoms with van der Waals surface area (Å²) < 4.78 is 45.1. The van der Waals surface area contributed by atoms with Gasteiger partial charge >= 0.3 is 0 Å². The Balaban J connectivity index is 1.78. The molecule has 244 valence electrons. The first-order valence-corrected chi connectivity index (χ1v) is 17.2. The molecule has 1 amide bonds. The maximum absolute atomic E-state index is 16.6. The molecule has 1 aliphatic heterocycles. The predicted octanol–water partition coefficient (Wildman–Crippen LogP) is 4.83. The fourth-order valence-corrected chi connectivity index (χ4v) is 7.61. The Morgan fingerprint density at radius 3 is 2.53 bits per heavy atom. The van der Waals surface area contributed by atoms with Crippen LogP contribution in [0.3, 0.4) is 0 Å². The first-order chi connectivity index (χ1) is 22.2. The van der Waals surface area contributed by atoms with E-state index < -0.39 is 26.1 Å². The number of nitrogens with zero attached hydrogens (tertiary/aromatic N) is 6. The van der Waals surface area contributed by atoms with Crippen LogP contribution in [0, 0.1) is 19.7 Å². The minimum Gasteiger partial charge on any atom is -0.366 e. The maximum Gasteiger partial charge on any atom is 0.277 e. The Labute approximate surface area is 271 Å². The maximum atomic E-state index is 16.6. The second-order valence-corrected chi connectivity index (χ2v) is 14.4. The molecule has 1 aliphatic rings. The lowest BCUT2D eigenvalue weighted by Crippen LogP contribution is -2.54. The SMILES string of the molecule is C=CC(=O)N1CCN(c2c(S(C)(=O)=O)c(=O)n(-c3c(C)ccnc3C(C)C)c3nc(-c4c(C)ccc5[nH]ncc45)c(F)cc23)C[C@H]1C. The number of aromatic amines is 1. The molecule has 1 N–H and O–H groups in total. The van der Waals surface area contributed by atoms with Crippen molar-refractivity contribution in [1.82, 2.24) is 29.6 Å². The second kappa shape index (κ2) is 11.7. The summed E-state index contributed by atoms with van der Waals surface area (Å²) in [6, 6.07) is 6.33. The summed E-state index contributed by atoms with van der Waals surface area (Å²) in [5.74, 6) is -1.10. The highest BCUT2D eigenvalue weighted by Gasteiger charge is 2.35. The van der Waals surface area contributed by atoms with Gasteiger partial charge in [0.1, 0.15) is 11.5 Å². The summed E-state index contributed by atoms with van der Waals surface area (Å²) in [6.45, 7) is 13.6. The van der Waals surface area contributed by atoms with E-state index in [1.807, 2.05) is 46.8 Å². The third-order valence-electron chi connectivity index (χ3n) is 8.80. The monoisotopic (exact) mass is 657 g/mol. The smallest absolute Gasteiger partial charge is 0.277 e. The van der Waals surface area contributed by atoms with E-state index in [-0.39, 0.29) is 59.9 Å². The standard InChI is InChI=1S/C34H36FN7O4S/c1-8-26(43)41-14-13-40(17-21(41)6)31-22-15-24(35)29(27-19(4)9-10-25-23(27)16-37-39-25)38-33(22)42(34(44)32(31)47(7,45)46)30-20(5)11-12-36-28(30)18(2)3/h8-12,15-16,18,21H,1,13-14,17H2,2-7H3,(H,37,39)/t21-/m1/s1. The van der Waals surface area contributed by atoms with Crippen LogP contribution in [0.4, 0.5) is 10.1 Å². The van der Waals surface area contributed by atoms with Gasteiger partial charge in [0.05, 0.1) is 28.8 Å². The number of H-pyrrole nitrogens is 1. The van der Waals surface area contributed by atoms with Crippen molar-refractivity contribution in [2.75, 3.05) is 30.8 Å². The molecule has 0 saturated carbocycles. The topological polar surface area (TPSA) is 134 Å². The molecule has 1 fully saturated rings. The number of aryl methyl sites for hydroxylation is 2. The van der Waals surface area contributed by atoms with Gasteiger partial charge in [0.2, 0.25) is 5.91 Å². The molecule has 6 rings (SSSR count). The molecule has 5 heterocycles. The fourth-order valence-electron chi connectivity index (χ4n) is 6.61. The molecule has 4 aromatic heterocycles. The van der Waals surface area contributed by atoms with E-state index in [0.717, 1.165) is 11.8 Å². The summed E-state index contributed by atoms with van der Waals surface area (Å²) in [5, 5.41) is 7.85. The number of carbonyl (C=O) groups excluding carboxylic acids is 1. The number of halogens is 1. The van der Waals surface area contributed by atoms with Crippen LogP contribution in [0.5, 0.6) is 0 Å². The number of pyridine rings is 3. The van der Waals surface area contributed by atoms with Crippen LogP contribution in [0.25, 0.3) is 38.9 Å². The van der Waals surface area contributed by atoms with Crippen LogP contribution >= 0.6 is 0 Å². The van der Waals surface area contributed by atoms with Crippen LogP contribution in [0.2, 0.25) is 0 Å². The quantitative estimate of drug-likeness (QED) is 0.257. The van der Waals surface area contributed by atoms with Gasteiger partial charge < -0.3 is 9.80 Å². The van der Waals surface area contributed by atoms with Crippen molar-refractivity contribution in [2.24, 2.45) is 0 Å². The molecule has 47 heavy (non-hydrogen) atoms. The lowest BCUT2D eigenvalue weighted by atomic mass is 9.99. The Hall–Kier alpha value is -4.91. The molecular formula is C34H36FN7O4S. The number of piperazine rings is 1. The number of fused-ring (bicyclic) bond motifs is 2. The zero-order valence-corrected chi connectivity index (χ0v) is 27.9. The first-order valence-electron chi connectivity index (χ1n) is 15.3. The summed E-state index contributed by atoms with van der Waals surface area (Å²) in [5.41, 5.74) is 2.88. The molecule has 1 saturated heterocycles. The zero-order valence-electron chi connectivity index (χ0n) is 27.1. The number of aromatic nitrogens is 5. The highest BCUT2D eigenvalue weighted by molar-refractivity contribution is 7.90. The van der Waals surface area contributed by atoms with Crippen molar-refractivity contribution in [3.05, 3.63) is 82.3 Å². The zero-order chi connectivity index (χ0) is 33.9. The third-order valence-corrected chi connectivity index (χ3v) is 9.91. The molecular weight excluding hydrogens is 621 g/mol. The Kier molecular flexibility index (Phi) is 7.99. The number of hydrogen-bond acceptors (Lipinski definition) is 8. The van der Waals surface area contributed by atoms with Crippen LogP contribution in [-0.2, 0) is 14.6 Å². The minimum absolute atomic E-state index is 0.00406. The first kappa shape index (κ1) is 32.0. The number of sulfone groups is 1. The largest absolute Gasteiger partial charge is 0.366 e. The highest BCUT2D eigenvalue weighted by atomic mass is 32.2. The number of anilines is 1. The number of carbonyl (C=O) groups is 1. The number of rotatable bonds is 6. The fraction of sp³-hybridized carbons (Fsp3) is 0.324. The van der Waals surface area contributed by atoms with Crippen molar-refractivity contribution in [1.29, 1.82) is 0 Å². The Morgan fingerprint density at radius 1 is 1.13 bits per heavy atom. The van der Waals surface area contributed by atoms with Crippen molar-refractivity contribution in [3.63, 3.8) is 0 Å². The van der Waals surface area contributed by atoms with Gasteiger partial charge in [-0.2, -0.15) is 5.10 Å². The van der Waals surface area contributed by atoms with Gasteiger partial charge in [-0.3, -0.25) is 24.2 Å². The predicted molar refractivity (Wildman–Crippen MR) is 180 cm³/mol. The molecule has 1 atom stereocenters. The van der Waals surface area contributed by atoms with E-state index >= 15 is 4.39 Å². The number of nitrogens with one attached hydrogen (secondary N) is 1. The molecule has 0 unspecified atom stereocenters. The normalized spacial score (nSPS) is 15.6. The lowest BCUT2D eigenvalue weighted by molar-refractivity contribution is -0.128. The summed E-state index contributed by atoms with van der Waals surface area (Å²) in [6.07, 6.45) is 5.45. The average Bonchev–Trinajstić information content (AvgIpc) is 3.49. The molecule has 0 aliphatic carbocycles. The van der Waals surface area contributed by atoms with Crippen molar-refractivity contribution in [2.45, 2.75) is 51.5 Å². The summed E-state index contributed by atoms with van der Waals surface area (Å²) in [7, 11) is -4.19. The minimum atomic E-state index is -4.19. The van der Waals surface area contributed by atoms with Gasteiger partial charge in [0.25, 0.3) is 5.56 Å². The van der Waals surface area contributed by atoms with Gasteiger partial charge in [-0.05, 0) is 62.1 Å². The van der Waals surface area contributed by atoms with Crippen molar-refractivity contribution >= 4 is 43.4 Å². The number of benzene rings is 1. The van der Waals surface area contributed by atoms with E-state index in [4.69, 9.17) is 4.98 Å². The van der Waals surface area contributed by atoms with Gasteiger partial charge in [-0.1, -0.05) is 26.5 Å². The van der Waals surface area contributed by atoms with Crippen LogP contribution < -0.4 is 10.5 Å². The highest BCUT2D eigenvalue weighted by Crippen LogP contribution is 2.39. The Bertz CT molecular complexity index is 2280. The van der Waals surface area contributed by atoms with Crippen LogP contribution in [0.15, 0.2) is 59.0 Å². The molecule has 0 spiro atoms. The second-order valence-electron chi connectivity index (χ2n) is 12.4. The number of hydrogen-bond donors (Lipinski definition) is 1. The molecule has 5 aromatic rings. The van der Waals surface area contributed by atoms with E-state index in [1.165, 1.54) is 16.7 Å². The lowest BCUT2D eigenvalue weighted by Gasteiger charge is -2.41. The van der Waals surface area contributed by atoms with Gasteiger partial charge in [0, 0.05) is 54.5 Å². The van der Waals surface area contributed by atoms with Crippen LogP contribution in [-0.4, -0.2) is 75.9 Å².